The molecular formula is C16H25BN2O2. The Hall–Kier alpha value is -0.875. The molecule has 114 valence electrons. The van der Waals surface area contributed by atoms with Gasteiger partial charge in [-0.05, 0) is 43.4 Å². The van der Waals surface area contributed by atoms with Crippen LogP contribution < -0.4 is 5.46 Å². The molecule has 1 atom stereocenters. The predicted molar refractivity (Wildman–Crippen MR) is 85.4 cm³/mol. The van der Waals surface area contributed by atoms with Gasteiger partial charge in [0.25, 0.3) is 0 Å². The Morgan fingerprint density at radius 1 is 1.00 bits per heavy atom. The van der Waals surface area contributed by atoms with Crippen LogP contribution in [0.15, 0.2) is 24.3 Å². The van der Waals surface area contributed by atoms with Crippen LogP contribution in [0.2, 0.25) is 0 Å². The van der Waals surface area contributed by atoms with Crippen LogP contribution in [0, 0.1) is 0 Å². The van der Waals surface area contributed by atoms with Crippen molar-refractivity contribution in [3.63, 3.8) is 0 Å². The highest BCUT2D eigenvalue weighted by atomic mass is 16.4. The molecule has 21 heavy (non-hydrogen) atoms. The number of hydrogen-bond acceptors (Lipinski definition) is 4. The summed E-state index contributed by atoms with van der Waals surface area (Å²) in [7, 11) is -1.37. The number of hydrogen-bond donors (Lipinski definition) is 2. The van der Waals surface area contributed by atoms with Crippen LogP contribution in [0.25, 0.3) is 0 Å². The fraction of sp³-hybridized carbons (Fsp3) is 0.625. The lowest BCUT2D eigenvalue weighted by Gasteiger charge is -2.32. The van der Waals surface area contributed by atoms with Crippen molar-refractivity contribution in [2.45, 2.75) is 38.3 Å². The summed E-state index contributed by atoms with van der Waals surface area (Å²) in [5.74, 6) is 0. The Kier molecular flexibility index (Phi) is 4.96. The Labute approximate surface area is 127 Å². The number of benzene rings is 1. The van der Waals surface area contributed by atoms with Crippen molar-refractivity contribution in [2.75, 3.05) is 26.2 Å². The fourth-order valence-electron chi connectivity index (χ4n) is 3.59. The van der Waals surface area contributed by atoms with E-state index in [1.54, 1.807) is 12.1 Å². The highest BCUT2D eigenvalue weighted by molar-refractivity contribution is 6.58. The Morgan fingerprint density at radius 3 is 2.38 bits per heavy atom. The van der Waals surface area contributed by atoms with Crippen LogP contribution in [-0.2, 0) is 6.54 Å². The highest BCUT2D eigenvalue weighted by Crippen LogP contribution is 2.21. The largest absolute Gasteiger partial charge is 0.488 e. The van der Waals surface area contributed by atoms with Gasteiger partial charge in [0, 0.05) is 25.7 Å². The third-order valence-corrected chi connectivity index (χ3v) is 4.84. The summed E-state index contributed by atoms with van der Waals surface area (Å²) >= 11 is 0. The van der Waals surface area contributed by atoms with E-state index in [4.69, 9.17) is 10.0 Å². The van der Waals surface area contributed by atoms with Crippen molar-refractivity contribution in [3.05, 3.63) is 29.8 Å². The van der Waals surface area contributed by atoms with E-state index in [0.717, 1.165) is 12.6 Å². The minimum Gasteiger partial charge on any atom is -0.423 e. The molecule has 4 nitrogen and oxygen atoms in total. The van der Waals surface area contributed by atoms with Gasteiger partial charge in [0.15, 0.2) is 0 Å². The summed E-state index contributed by atoms with van der Waals surface area (Å²) < 4.78 is 0. The van der Waals surface area contributed by atoms with Gasteiger partial charge in [0.2, 0.25) is 0 Å². The molecule has 0 aromatic heterocycles. The molecule has 2 aliphatic rings. The molecule has 0 saturated carbocycles. The van der Waals surface area contributed by atoms with Gasteiger partial charge in [0.1, 0.15) is 0 Å². The molecule has 2 aliphatic heterocycles. The lowest BCUT2D eigenvalue weighted by Crippen LogP contribution is -2.40. The smallest absolute Gasteiger partial charge is 0.423 e. The number of rotatable bonds is 4. The van der Waals surface area contributed by atoms with E-state index in [-0.39, 0.29) is 0 Å². The topological polar surface area (TPSA) is 46.9 Å². The summed E-state index contributed by atoms with van der Waals surface area (Å²) in [4.78, 5) is 5.19. The molecular weight excluding hydrogens is 263 g/mol. The molecule has 2 saturated heterocycles. The van der Waals surface area contributed by atoms with Gasteiger partial charge in [-0.1, -0.05) is 30.7 Å². The van der Waals surface area contributed by atoms with Crippen molar-refractivity contribution in [2.24, 2.45) is 0 Å². The van der Waals surface area contributed by atoms with E-state index < -0.39 is 7.12 Å². The zero-order valence-corrected chi connectivity index (χ0v) is 12.6. The summed E-state index contributed by atoms with van der Waals surface area (Å²) in [5, 5.41) is 18.2. The maximum atomic E-state index is 9.12. The Balaban J connectivity index is 1.52. The average molecular weight is 288 g/mol. The van der Waals surface area contributed by atoms with Crippen molar-refractivity contribution >= 4 is 12.6 Å². The fourth-order valence-corrected chi connectivity index (χ4v) is 3.59. The van der Waals surface area contributed by atoms with E-state index in [1.165, 1.54) is 57.4 Å². The summed E-state index contributed by atoms with van der Waals surface area (Å²) in [6.07, 6.45) is 5.41. The number of piperidine rings is 1. The van der Waals surface area contributed by atoms with Gasteiger partial charge in [-0.2, -0.15) is 0 Å². The number of likely N-dealkylation sites (tertiary alicyclic amines) is 2. The molecule has 0 aliphatic carbocycles. The normalized spacial score (nSPS) is 24.4. The third kappa shape index (κ3) is 3.86. The Bertz CT molecular complexity index is 446. The summed E-state index contributed by atoms with van der Waals surface area (Å²) in [6.45, 7) is 5.87. The zero-order chi connectivity index (χ0) is 14.7. The molecule has 0 amide bonds. The first-order chi connectivity index (χ1) is 10.2. The monoisotopic (exact) mass is 288 g/mol. The molecule has 3 rings (SSSR count). The van der Waals surface area contributed by atoms with Gasteiger partial charge in [-0.3, -0.25) is 9.80 Å². The van der Waals surface area contributed by atoms with Crippen molar-refractivity contribution in [3.8, 4) is 0 Å². The predicted octanol–water partition coefficient (Wildman–Crippen LogP) is 0.427. The van der Waals surface area contributed by atoms with Crippen molar-refractivity contribution in [1.29, 1.82) is 0 Å². The number of nitrogens with zero attached hydrogens (tertiary/aromatic N) is 2. The van der Waals surface area contributed by atoms with E-state index in [9.17, 15) is 0 Å². The molecule has 2 N–H and O–H groups in total. The molecule has 2 fully saturated rings. The lowest BCUT2D eigenvalue weighted by atomic mass is 9.80. The molecule has 1 unspecified atom stereocenters. The summed E-state index contributed by atoms with van der Waals surface area (Å²) in [6, 6.07) is 8.35. The minimum atomic E-state index is -1.37. The second-order valence-corrected chi connectivity index (χ2v) is 6.39. The van der Waals surface area contributed by atoms with Crippen LogP contribution in [0.5, 0.6) is 0 Å². The molecule has 2 heterocycles. The van der Waals surface area contributed by atoms with Gasteiger partial charge in [-0.15, -0.1) is 0 Å². The first kappa shape index (κ1) is 15.0. The van der Waals surface area contributed by atoms with E-state index in [2.05, 4.69) is 9.80 Å². The van der Waals surface area contributed by atoms with Crippen molar-refractivity contribution in [1.82, 2.24) is 9.80 Å². The second kappa shape index (κ2) is 6.92. The standard InChI is InChI=1S/C16H25BN2O2/c20-17(21)15-6-4-14(5-7-15)12-18-11-8-16(13-18)19-9-2-1-3-10-19/h4-7,16,20-21H,1-3,8-13H2. The van der Waals surface area contributed by atoms with Crippen LogP contribution in [-0.4, -0.2) is 59.2 Å². The molecule has 0 spiro atoms. The van der Waals surface area contributed by atoms with Gasteiger partial charge in [-0.25, -0.2) is 0 Å². The average Bonchev–Trinajstić information content (AvgIpc) is 2.97. The first-order valence-corrected chi connectivity index (χ1v) is 8.14. The quantitative estimate of drug-likeness (QED) is 0.789. The SMILES string of the molecule is OB(O)c1ccc(CN2CCC(N3CCCCC3)C2)cc1. The van der Waals surface area contributed by atoms with E-state index in [0.29, 0.717) is 5.46 Å². The minimum absolute atomic E-state index is 0.561. The van der Waals surface area contributed by atoms with E-state index >= 15 is 0 Å². The van der Waals surface area contributed by atoms with Gasteiger partial charge < -0.3 is 10.0 Å². The summed E-state index contributed by atoms with van der Waals surface area (Å²) in [5.41, 5.74) is 1.81. The van der Waals surface area contributed by atoms with Crippen molar-refractivity contribution < 1.29 is 10.0 Å². The first-order valence-electron chi connectivity index (χ1n) is 8.14. The molecule has 1 aromatic rings. The van der Waals surface area contributed by atoms with Crippen LogP contribution in [0.1, 0.15) is 31.2 Å². The van der Waals surface area contributed by atoms with Crippen LogP contribution in [0.3, 0.4) is 0 Å². The lowest BCUT2D eigenvalue weighted by molar-refractivity contribution is 0.161. The third-order valence-electron chi connectivity index (χ3n) is 4.84. The molecule has 5 heteroatoms. The highest BCUT2D eigenvalue weighted by Gasteiger charge is 2.28. The molecule has 1 aromatic carbocycles. The molecule has 0 radical (unpaired) electrons. The van der Waals surface area contributed by atoms with Crippen LogP contribution in [0.4, 0.5) is 0 Å². The maximum Gasteiger partial charge on any atom is 0.488 e. The Morgan fingerprint density at radius 2 is 1.71 bits per heavy atom. The van der Waals surface area contributed by atoms with Gasteiger partial charge >= 0.3 is 7.12 Å². The maximum absolute atomic E-state index is 9.12. The van der Waals surface area contributed by atoms with Crippen LogP contribution >= 0.6 is 0 Å². The van der Waals surface area contributed by atoms with E-state index in [1.807, 2.05) is 12.1 Å². The molecule has 0 bridgehead atoms. The second-order valence-electron chi connectivity index (χ2n) is 6.39. The zero-order valence-electron chi connectivity index (χ0n) is 12.6. The van der Waals surface area contributed by atoms with Gasteiger partial charge in [0.05, 0.1) is 0 Å².